The van der Waals surface area contributed by atoms with Crippen LogP contribution in [0.3, 0.4) is 0 Å². The molecule has 2 fully saturated rings. The SMILES string of the molecule is CC(C)CN1CCC(NCC2CCCOC2)CC1. The molecule has 18 heavy (non-hydrogen) atoms. The van der Waals surface area contributed by atoms with Gasteiger partial charge in [0.05, 0.1) is 6.61 Å². The monoisotopic (exact) mass is 254 g/mol. The third-order valence-corrected chi connectivity index (χ3v) is 4.16. The summed E-state index contributed by atoms with van der Waals surface area (Å²) in [5, 5.41) is 3.76. The molecule has 3 nitrogen and oxygen atoms in total. The molecule has 0 amide bonds. The Bertz CT molecular complexity index is 219. The van der Waals surface area contributed by atoms with Crippen LogP contribution in [0.4, 0.5) is 0 Å². The van der Waals surface area contributed by atoms with Crippen molar-refractivity contribution in [2.45, 2.75) is 45.6 Å². The number of likely N-dealkylation sites (tertiary alicyclic amines) is 1. The maximum absolute atomic E-state index is 5.53. The fourth-order valence-corrected chi connectivity index (χ4v) is 3.14. The molecule has 3 heteroatoms. The smallest absolute Gasteiger partial charge is 0.0506 e. The number of rotatable bonds is 5. The van der Waals surface area contributed by atoms with Gasteiger partial charge in [-0.1, -0.05) is 13.8 Å². The lowest BCUT2D eigenvalue weighted by Crippen LogP contribution is -2.45. The Balaban J connectivity index is 1.58. The number of nitrogens with one attached hydrogen (secondary N) is 1. The number of hydrogen-bond acceptors (Lipinski definition) is 3. The zero-order chi connectivity index (χ0) is 12.8. The van der Waals surface area contributed by atoms with Crippen molar-refractivity contribution >= 4 is 0 Å². The van der Waals surface area contributed by atoms with Crippen LogP contribution in [-0.2, 0) is 4.74 Å². The molecule has 1 N–H and O–H groups in total. The van der Waals surface area contributed by atoms with Crippen LogP contribution < -0.4 is 5.32 Å². The van der Waals surface area contributed by atoms with Gasteiger partial charge in [-0.2, -0.15) is 0 Å². The van der Waals surface area contributed by atoms with E-state index in [1.54, 1.807) is 0 Å². The quantitative estimate of drug-likeness (QED) is 0.813. The minimum Gasteiger partial charge on any atom is -0.381 e. The van der Waals surface area contributed by atoms with Crippen LogP contribution >= 0.6 is 0 Å². The lowest BCUT2D eigenvalue weighted by molar-refractivity contribution is 0.0524. The van der Waals surface area contributed by atoms with Crippen molar-refractivity contribution in [3.8, 4) is 0 Å². The van der Waals surface area contributed by atoms with E-state index in [0.717, 1.165) is 37.6 Å². The average Bonchev–Trinajstić information content (AvgIpc) is 2.38. The lowest BCUT2D eigenvalue weighted by Gasteiger charge is -2.34. The summed E-state index contributed by atoms with van der Waals surface area (Å²) in [6, 6.07) is 0.746. The normalized spacial score (nSPS) is 27.8. The van der Waals surface area contributed by atoms with E-state index in [2.05, 4.69) is 24.1 Å². The molecule has 2 rings (SSSR count). The van der Waals surface area contributed by atoms with Gasteiger partial charge in [0, 0.05) is 25.7 Å². The Kier molecular flexibility index (Phi) is 5.93. The highest BCUT2D eigenvalue weighted by Crippen LogP contribution is 2.15. The minimum atomic E-state index is 0.746. The Morgan fingerprint density at radius 2 is 2.00 bits per heavy atom. The highest BCUT2D eigenvalue weighted by atomic mass is 16.5. The molecule has 0 saturated carbocycles. The van der Waals surface area contributed by atoms with E-state index in [1.807, 2.05) is 0 Å². The predicted molar refractivity (Wildman–Crippen MR) is 75.8 cm³/mol. The van der Waals surface area contributed by atoms with Crippen LogP contribution in [0.15, 0.2) is 0 Å². The van der Waals surface area contributed by atoms with E-state index in [-0.39, 0.29) is 0 Å². The molecule has 0 spiro atoms. The number of nitrogens with zero attached hydrogens (tertiary/aromatic N) is 1. The Hall–Kier alpha value is -0.120. The van der Waals surface area contributed by atoms with Crippen LogP contribution in [-0.4, -0.2) is 50.3 Å². The van der Waals surface area contributed by atoms with Gasteiger partial charge >= 0.3 is 0 Å². The largest absolute Gasteiger partial charge is 0.381 e. The number of piperidine rings is 1. The molecule has 0 radical (unpaired) electrons. The average molecular weight is 254 g/mol. The summed E-state index contributed by atoms with van der Waals surface area (Å²) in [6.45, 7) is 11.6. The van der Waals surface area contributed by atoms with Gasteiger partial charge < -0.3 is 15.0 Å². The molecule has 0 aliphatic carbocycles. The summed E-state index contributed by atoms with van der Waals surface area (Å²) >= 11 is 0. The summed E-state index contributed by atoms with van der Waals surface area (Å²) < 4.78 is 5.53. The molecule has 106 valence electrons. The second-order valence-electron chi connectivity index (χ2n) is 6.46. The first kappa shape index (κ1) is 14.3. The lowest BCUT2D eigenvalue weighted by atomic mass is 9.99. The van der Waals surface area contributed by atoms with Crippen LogP contribution in [0.5, 0.6) is 0 Å². The molecule has 1 atom stereocenters. The zero-order valence-corrected chi connectivity index (χ0v) is 12.2. The van der Waals surface area contributed by atoms with Gasteiger partial charge in [0.25, 0.3) is 0 Å². The van der Waals surface area contributed by atoms with Crippen LogP contribution in [0.2, 0.25) is 0 Å². The van der Waals surface area contributed by atoms with Gasteiger partial charge in [-0.15, -0.1) is 0 Å². The first-order chi connectivity index (χ1) is 8.74. The third-order valence-electron chi connectivity index (χ3n) is 4.16. The summed E-state index contributed by atoms with van der Waals surface area (Å²) in [4.78, 5) is 2.62. The van der Waals surface area contributed by atoms with Crippen LogP contribution in [0.1, 0.15) is 39.5 Å². The van der Waals surface area contributed by atoms with Gasteiger partial charge in [0.1, 0.15) is 0 Å². The zero-order valence-electron chi connectivity index (χ0n) is 12.2. The summed E-state index contributed by atoms with van der Waals surface area (Å²) in [7, 11) is 0. The molecule has 2 aliphatic heterocycles. The molecule has 0 aromatic heterocycles. The van der Waals surface area contributed by atoms with E-state index in [4.69, 9.17) is 4.74 Å². The van der Waals surface area contributed by atoms with Crippen molar-refractivity contribution in [1.29, 1.82) is 0 Å². The fraction of sp³-hybridized carbons (Fsp3) is 1.00. The predicted octanol–water partition coefficient (Wildman–Crippen LogP) is 2.12. The fourth-order valence-electron chi connectivity index (χ4n) is 3.14. The molecule has 2 heterocycles. The molecule has 0 bridgehead atoms. The molecular weight excluding hydrogens is 224 g/mol. The molecule has 1 unspecified atom stereocenters. The molecule has 0 aromatic carbocycles. The Morgan fingerprint density at radius 3 is 2.61 bits per heavy atom. The van der Waals surface area contributed by atoms with Crippen LogP contribution in [0.25, 0.3) is 0 Å². The minimum absolute atomic E-state index is 0.746. The number of hydrogen-bond donors (Lipinski definition) is 1. The van der Waals surface area contributed by atoms with Gasteiger partial charge in [-0.3, -0.25) is 0 Å². The molecule has 2 saturated heterocycles. The Labute approximate surface area is 112 Å². The van der Waals surface area contributed by atoms with E-state index in [9.17, 15) is 0 Å². The first-order valence-corrected chi connectivity index (χ1v) is 7.77. The summed E-state index contributed by atoms with van der Waals surface area (Å²) in [6.07, 6.45) is 5.24. The standard InChI is InChI=1S/C15H30N2O/c1-13(2)11-17-7-5-15(6-8-17)16-10-14-4-3-9-18-12-14/h13-16H,3-12H2,1-2H3. The van der Waals surface area contributed by atoms with Crippen molar-refractivity contribution in [2.75, 3.05) is 39.4 Å². The van der Waals surface area contributed by atoms with Gasteiger partial charge in [-0.25, -0.2) is 0 Å². The Morgan fingerprint density at radius 1 is 1.22 bits per heavy atom. The van der Waals surface area contributed by atoms with Crippen molar-refractivity contribution < 1.29 is 4.74 Å². The number of ether oxygens (including phenoxy) is 1. The second-order valence-corrected chi connectivity index (χ2v) is 6.46. The molecule has 2 aliphatic rings. The van der Waals surface area contributed by atoms with Crippen molar-refractivity contribution in [3.05, 3.63) is 0 Å². The first-order valence-electron chi connectivity index (χ1n) is 7.77. The summed E-state index contributed by atoms with van der Waals surface area (Å²) in [5.41, 5.74) is 0. The third kappa shape index (κ3) is 4.87. The summed E-state index contributed by atoms with van der Waals surface area (Å²) in [5.74, 6) is 1.56. The van der Waals surface area contributed by atoms with E-state index < -0.39 is 0 Å². The second kappa shape index (κ2) is 7.46. The van der Waals surface area contributed by atoms with Crippen molar-refractivity contribution in [3.63, 3.8) is 0 Å². The topological polar surface area (TPSA) is 24.5 Å². The van der Waals surface area contributed by atoms with E-state index in [0.29, 0.717) is 0 Å². The maximum Gasteiger partial charge on any atom is 0.0506 e. The van der Waals surface area contributed by atoms with Gasteiger partial charge in [0.2, 0.25) is 0 Å². The van der Waals surface area contributed by atoms with E-state index in [1.165, 1.54) is 45.3 Å². The van der Waals surface area contributed by atoms with Gasteiger partial charge in [0.15, 0.2) is 0 Å². The molecular formula is C15H30N2O. The van der Waals surface area contributed by atoms with Gasteiger partial charge in [-0.05, 0) is 50.6 Å². The van der Waals surface area contributed by atoms with Crippen molar-refractivity contribution in [1.82, 2.24) is 10.2 Å². The highest BCUT2D eigenvalue weighted by Gasteiger charge is 2.21. The highest BCUT2D eigenvalue weighted by molar-refractivity contribution is 4.79. The molecule has 0 aromatic rings. The maximum atomic E-state index is 5.53. The van der Waals surface area contributed by atoms with Crippen molar-refractivity contribution in [2.24, 2.45) is 11.8 Å². The van der Waals surface area contributed by atoms with E-state index >= 15 is 0 Å². The van der Waals surface area contributed by atoms with Crippen LogP contribution in [0, 0.1) is 11.8 Å².